The highest BCUT2D eigenvalue weighted by Gasteiger charge is 2.19. The van der Waals surface area contributed by atoms with E-state index in [2.05, 4.69) is 5.32 Å². The number of carbonyl (C=O) groups excluding carboxylic acids is 2. The molecule has 27 heavy (non-hydrogen) atoms. The lowest BCUT2D eigenvalue weighted by Crippen LogP contribution is -2.15. The quantitative estimate of drug-likeness (QED) is 0.254. The van der Waals surface area contributed by atoms with Crippen LogP contribution in [0, 0.1) is 21.4 Å². The van der Waals surface area contributed by atoms with Crippen molar-refractivity contribution in [3.63, 3.8) is 0 Å². The Morgan fingerprint density at radius 1 is 1.44 bits per heavy atom. The molecule has 0 bridgehead atoms. The molecular formula is C17H12ClN3O5S. The van der Waals surface area contributed by atoms with E-state index in [1.165, 1.54) is 24.3 Å². The van der Waals surface area contributed by atoms with E-state index in [0.29, 0.717) is 0 Å². The zero-order valence-corrected chi connectivity index (χ0v) is 15.5. The summed E-state index contributed by atoms with van der Waals surface area (Å²) in [6, 6.07) is 7.13. The lowest BCUT2D eigenvalue weighted by Gasteiger charge is -2.05. The van der Waals surface area contributed by atoms with Gasteiger partial charge in [-0.15, -0.1) is 11.3 Å². The maximum Gasteiger partial charge on any atom is 0.341 e. The monoisotopic (exact) mass is 405 g/mol. The highest BCUT2D eigenvalue weighted by molar-refractivity contribution is 7.14. The Kier molecular flexibility index (Phi) is 6.65. The van der Waals surface area contributed by atoms with Crippen LogP contribution in [0.2, 0.25) is 5.02 Å². The number of rotatable bonds is 6. The maximum atomic E-state index is 12.4. The molecule has 138 valence electrons. The molecule has 0 aliphatic rings. The van der Waals surface area contributed by atoms with Crippen LogP contribution >= 0.6 is 22.9 Å². The number of esters is 1. The van der Waals surface area contributed by atoms with Crippen molar-refractivity contribution in [1.29, 1.82) is 5.26 Å². The molecule has 1 N–H and O–H groups in total. The lowest BCUT2D eigenvalue weighted by molar-refractivity contribution is -0.384. The van der Waals surface area contributed by atoms with E-state index < -0.39 is 16.8 Å². The molecule has 0 saturated heterocycles. The van der Waals surface area contributed by atoms with Gasteiger partial charge in [-0.2, -0.15) is 5.26 Å². The van der Waals surface area contributed by atoms with E-state index in [0.717, 1.165) is 17.4 Å². The molecule has 0 aliphatic heterocycles. The van der Waals surface area contributed by atoms with E-state index in [9.17, 15) is 25.0 Å². The minimum Gasteiger partial charge on any atom is -0.462 e. The number of nitrogens with one attached hydrogen (secondary N) is 1. The maximum absolute atomic E-state index is 12.4. The number of amides is 1. The predicted molar refractivity (Wildman–Crippen MR) is 101 cm³/mol. The Labute approximate surface area is 162 Å². The average Bonchev–Trinajstić information content (AvgIpc) is 3.09. The van der Waals surface area contributed by atoms with Gasteiger partial charge >= 0.3 is 5.97 Å². The van der Waals surface area contributed by atoms with Gasteiger partial charge in [-0.1, -0.05) is 17.7 Å². The fourth-order valence-electron chi connectivity index (χ4n) is 2.02. The van der Waals surface area contributed by atoms with Gasteiger partial charge < -0.3 is 10.1 Å². The topological polar surface area (TPSA) is 122 Å². The Morgan fingerprint density at radius 3 is 2.81 bits per heavy atom. The van der Waals surface area contributed by atoms with Crippen molar-refractivity contribution in [1.82, 2.24) is 0 Å². The SMILES string of the molecule is CCOC(=O)c1ccsc1NC(=O)C(C#N)=Cc1ccc(Cl)c([N+](=O)[O-])c1. The third-order valence-corrected chi connectivity index (χ3v) is 4.38. The molecular weight excluding hydrogens is 394 g/mol. The third-order valence-electron chi connectivity index (χ3n) is 3.23. The standard InChI is InChI=1S/C17H12ClN3O5S/c1-2-26-17(23)12-5-6-27-16(12)20-15(22)11(9-19)7-10-3-4-13(18)14(8-10)21(24)25/h3-8H,2H2,1H3,(H,20,22). The summed E-state index contributed by atoms with van der Waals surface area (Å²) in [6.07, 6.45) is 1.19. The molecule has 2 rings (SSSR count). The first-order valence-corrected chi connectivity index (χ1v) is 8.74. The Balaban J connectivity index is 2.28. The summed E-state index contributed by atoms with van der Waals surface area (Å²) in [5.41, 5.74) is -0.204. The fourth-order valence-corrected chi connectivity index (χ4v) is 2.98. The van der Waals surface area contributed by atoms with E-state index in [1.807, 2.05) is 0 Å². The molecule has 0 saturated carbocycles. The van der Waals surface area contributed by atoms with Crippen LogP contribution in [0.15, 0.2) is 35.2 Å². The number of anilines is 1. The summed E-state index contributed by atoms with van der Waals surface area (Å²) in [6.45, 7) is 1.84. The fraction of sp³-hybridized carbons (Fsp3) is 0.118. The van der Waals surface area contributed by atoms with Gasteiger partial charge in [0.1, 0.15) is 21.7 Å². The van der Waals surface area contributed by atoms with Crippen molar-refractivity contribution in [2.45, 2.75) is 6.92 Å². The van der Waals surface area contributed by atoms with Crippen molar-refractivity contribution in [2.75, 3.05) is 11.9 Å². The van der Waals surface area contributed by atoms with E-state index in [4.69, 9.17) is 16.3 Å². The smallest absolute Gasteiger partial charge is 0.341 e. The summed E-state index contributed by atoms with van der Waals surface area (Å²) in [7, 11) is 0. The van der Waals surface area contributed by atoms with Crippen molar-refractivity contribution in [2.24, 2.45) is 0 Å². The van der Waals surface area contributed by atoms with E-state index in [1.54, 1.807) is 18.4 Å². The molecule has 0 fully saturated rings. The van der Waals surface area contributed by atoms with Gasteiger partial charge in [0.25, 0.3) is 11.6 Å². The van der Waals surface area contributed by atoms with Crippen molar-refractivity contribution in [3.05, 3.63) is 61.5 Å². The van der Waals surface area contributed by atoms with Crippen molar-refractivity contribution >= 4 is 51.6 Å². The second kappa shape index (κ2) is 8.93. The summed E-state index contributed by atoms with van der Waals surface area (Å²) in [5.74, 6) is -1.35. The summed E-state index contributed by atoms with van der Waals surface area (Å²) >= 11 is 6.84. The number of carbonyl (C=O) groups is 2. The predicted octanol–water partition coefficient (Wildman–Crippen LogP) is 4.03. The van der Waals surface area contributed by atoms with Crippen LogP contribution in [-0.2, 0) is 9.53 Å². The highest BCUT2D eigenvalue weighted by Crippen LogP contribution is 2.27. The molecule has 0 spiro atoms. The molecule has 0 radical (unpaired) electrons. The first kappa shape index (κ1) is 20.1. The zero-order valence-electron chi connectivity index (χ0n) is 13.9. The van der Waals surface area contributed by atoms with Gasteiger partial charge in [0.15, 0.2) is 0 Å². The minimum atomic E-state index is -0.761. The molecule has 8 nitrogen and oxygen atoms in total. The Hall–Kier alpha value is -3.22. The Morgan fingerprint density at radius 2 is 2.19 bits per heavy atom. The van der Waals surface area contributed by atoms with Gasteiger partial charge in [-0.25, -0.2) is 4.79 Å². The first-order chi connectivity index (χ1) is 12.9. The highest BCUT2D eigenvalue weighted by atomic mass is 35.5. The van der Waals surface area contributed by atoms with Crippen molar-refractivity contribution < 1.29 is 19.2 Å². The van der Waals surface area contributed by atoms with Gasteiger partial charge in [-0.05, 0) is 36.1 Å². The molecule has 1 aromatic carbocycles. The second-order valence-electron chi connectivity index (χ2n) is 4.98. The van der Waals surface area contributed by atoms with Crippen LogP contribution in [0.4, 0.5) is 10.7 Å². The number of hydrogen-bond acceptors (Lipinski definition) is 7. The van der Waals surface area contributed by atoms with Gasteiger partial charge in [-0.3, -0.25) is 14.9 Å². The molecule has 0 unspecified atom stereocenters. The average molecular weight is 406 g/mol. The molecule has 1 amide bonds. The van der Waals surface area contributed by atoms with Gasteiger partial charge in [0.2, 0.25) is 0 Å². The number of halogens is 1. The molecule has 1 aromatic heterocycles. The van der Waals surface area contributed by atoms with E-state index >= 15 is 0 Å². The van der Waals surface area contributed by atoms with E-state index in [-0.39, 0.29) is 39.0 Å². The normalized spacial score (nSPS) is 10.8. The number of ether oxygens (including phenoxy) is 1. The number of hydrogen-bond donors (Lipinski definition) is 1. The largest absolute Gasteiger partial charge is 0.462 e. The third kappa shape index (κ3) is 4.91. The van der Waals surface area contributed by atoms with Crippen LogP contribution in [0.25, 0.3) is 6.08 Å². The molecule has 2 aromatic rings. The second-order valence-corrected chi connectivity index (χ2v) is 6.30. The number of nitro benzene ring substituents is 1. The summed E-state index contributed by atoms with van der Waals surface area (Å²) in [4.78, 5) is 34.5. The summed E-state index contributed by atoms with van der Waals surface area (Å²) < 4.78 is 4.90. The zero-order chi connectivity index (χ0) is 20.0. The van der Waals surface area contributed by atoms with Crippen LogP contribution in [-0.4, -0.2) is 23.4 Å². The number of nitro groups is 1. The van der Waals surface area contributed by atoms with Crippen LogP contribution in [0.1, 0.15) is 22.8 Å². The Bertz CT molecular complexity index is 977. The minimum absolute atomic E-state index is 0.0576. The molecule has 10 heteroatoms. The number of nitrogens with zero attached hydrogens (tertiary/aromatic N) is 2. The van der Waals surface area contributed by atoms with Crippen molar-refractivity contribution in [3.8, 4) is 6.07 Å². The molecule has 0 aliphatic carbocycles. The van der Waals surface area contributed by atoms with Gasteiger partial charge in [0.05, 0.1) is 17.1 Å². The van der Waals surface area contributed by atoms with Crippen LogP contribution in [0.3, 0.4) is 0 Å². The van der Waals surface area contributed by atoms with Gasteiger partial charge in [0, 0.05) is 6.07 Å². The molecule has 0 atom stereocenters. The van der Waals surface area contributed by atoms with Crippen LogP contribution in [0.5, 0.6) is 0 Å². The lowest BCUT2D eigenvalue weighted by atomic mass is 10.1. The first-order valence-electron chi connectivity index (χ1n) is 7.49. The molecule has 1 heterocycles. The number of benzene rings is 1. The van der Waals surface area contributed by atoms with Crippen LogP contribution < -0.4 is 5.32 Å². The number of nitriles is 1. The summed E-state index contributed by atoms with van der Waals surface area (Å²) in [5, 5.41) is 24.5. The number of thiophene rings is 1.